The second-order valence-corrected chi connectivity index (χ2v) is 10.8. The summed E-state index contributed by atoms with van der Waals surface area (Å²) in [6, 6.07) is 17.8. The summed E-state index contributed by atoms with van der Waals surface area (Å²) in [5.74, 6) is -0.251. The molecule has 3 nitrogen and oxygen atoms in total. The molecule has 1 amide bonds. The van der Waals surface area contributed by atoms with Gasteiger partial charge in [0.15, 0.2) is 0 Å². The van der Waals surface area contributed by atoms with Crippen LogP contribution in [-0.4, -0.2) is 29.9 Å². The maximum atomic E-state index is 13.5. The molecule has 3 aromatic carbocycles. The van der Waals surface area contributed by atoms with Crippen molar-refractivity contribution >= 4 is 5.91 Å². The molecule has 206 valence electrons. The van der Waals surface area contributed by atoms with E-state index in [2.05, 4.69) is 10.2 Å². The fourth-order valence-corrected chi connectivity index (χ4v) is 6.24. The molecule has 0 bridgehead atoms. The number of halogens is 5. The molecular weight excluding hydrogens is 511 g/mol. The zero-order valence-corrected chi connectivity index (χ0v) is 21.4. The number of hydrogen-bond donors (Lipinski definition) is 1. The van der Waals surface area contributed by atoms with Crippen LogP contribution < -0.4 is 5.32 Å². The van der Waals surface area contributed by atoms with Crippen LogP contribution in [0.4, 0.5) is 22.0 Å². The van der Waals surface area contributed by atoms with E-state index in [0.717, 1.165) is 43.1 Å². The van der Waals surface area contributed by atoms with Crippen molar-refractivity contribution in [2.75, 3.05) is 13.1 Å². The molecule has 8 heteroatoms. The van der Waals surface area contributed by atoms with E-state index < -0.39 is 11.7 Å². The molecule has 1 heterocycles. The molecular formula is C31H31F5N2O. The lowest BCUT2D eigenvalue weighted by Crippen LogP contribution is -2.39. The number of amides is 1. The van der Waals surface area contributed by atoms with Gasteiger partial charge in [0, 0.05) is 38.0 Å². The summed E-state index contributed by atoms with van der Waals surface area (Å²) in [7, 11) is 0. The third-order valence-electron chi connectivity index (χ3n) is 8.14. The van der Waals surface area contributed by atoms with Gasteiger partial charge in [-0.15, -0.1) is 0 Å². The van der Waals surface area contributed by atoms with E-state index in [1.807, 2.05) is 0 Å². The van der Waals surface area contributed by atoms with Gasteiger partial charge in [-0.3, -0.25) is 9.69 Å². The summed E-state index contributed by atoms with van der Waals surface area (Å²) in [5, 5.41) is 3.21. The molecule has 2 fully saturated rings. The highest BCUT2D eigenvalue weighted by molar-refractivity contribution is 5.76. The molecule has 2 aliphatic rings. The van der Waals surface area contributed by atoms with Crippen LogP contribution in [0.15, 0.2) is 72.8 Å². The number of carbonyl (C=O) groups is 1. The van der Waals surface area contributed by atoms with E-state index in [4.69, 9.17) is 0 Å². The van der Waals surface area contributed by atoms with Crippen molar-refractivity contribution in [3.05, 3.63) is 107 Å². The molecule has 1 aliphatic carbocycles. The van der Waals surface area contributed by atoms with Gasteiger partial charge < -0.3 is 5.32 Å². The van der Waals surface area contributed by atoms with E-state index >= 15 is 0 Å². The minimum absolute atomic E-state index is 0.0316. The quantitative estimate of drug-likeness (QED) is 0.314. The van der Waals surface area contributed by atoms with Crippen LogP contribution in [0, 0.1) is 23.5 Å². The Kier molecular flexibility index (Phi) is 8.03. The highest BCUT2D eigenvalue weighted by Gasteiger charge is 2.43. The van der Waals surface area contributed by atoms with Crippen molar-refractivity contribution in [3.63, 3.8) is 0 Å². The molecule has 3 unspecified atom stereocenters. The number of rotatable bonds is 8. The molecule has 3 atom stereocenters. The summed E-state index contributed by atoms with van der Waals surface area (Å²) < 4.78 is 66.3. The maximum absolute atomic E-state index is 13.5. The lowest BCUT2D eigenvalue weighted by molar-refractivity contribution is -0.137. The van der Waals surface area contributed by atoms with Gasteiger partial charge in [-0.05, 0) is 78.1 Å². The first-order chi connectivity index (χ1) is 18.7. The topological polar surface area (TPSA) is 32.3 Å². The average molecular weight is 543 g/mol. The molecule has 0 spiro atoms. The van der Waals surface area contributed by atoms with E-state index in [0.29, 0.717) is 24.4 Å². The largest absolute Gasteiger partial charge is 0.416 e. The number of nitrogens with zero attached hydrogens (tertiary/aromatic N) is 1. The van der Waals surface area contributed by atoms with Gasteiger partial charge >= 0.3 is 6.18 Å². The van der Waals surface area contributed by atoms with Gasteiger partial charge in [-0.1, -0.05) is 42.5 Å². The zero-order valence-electron chi connectivity index (χ0n) is 21.4. The minimum atomic E-state index is -4.36. The normalized spacial score (nSPS) is 21.3. The van der Waals surface area contributed by atoms with E-state index in [1.54, 1.807) is 30.3 Å². The first-order valence-electron chi connectivity index (χ1n) is 13.3. The Bertz CT molecular complexity index is 1230. The van der Waals surface area contributed by atoms with Crippen LogP contribution in [0.1, 0.15) is 53.9 Å². The molecule has 1 N–H and O–H groups in total. The average Bonchev–Trinajstić information content (AvgIpc) is 3.46. The first-order valence-corrected chi connectivity index (χ1v) is 13.3. The summed E-state index contributed by atoms with van der Waals surface area (Å²) in [6.07, 6.45) is -1.74. The predicted molar refractivity (Wildman–Crippen MR) is 139 cm³/mol. The Balaban J connectivity index is 1.18. The highest BCUT2D eigenvalue weighted by Crippen LogP contribution is 2.39. The van der Waals surface area contributed by atoms with Crippen LogP contribution in [-0.2, 0) is 17.5 Å². The predicted octanol–water partition coefficient (Wildman–Crippen LogP) is 6.92. The summed E-state index contributed by atoms with van der Waals surface area (Å²) in [5.41, 5.74) is 1.72. The molecule has 1 saturated heterocycles. The number of hydrogen-bond acceptors (Lipinski definition) is 2. The number of likely N-dealkylation sites (tertiary alicyclic amines) is 1. The second-order valence-electron chi connectivity index (χ2n) is 10.8. The Labute approximate surface area is 225 Å². The summed E-state index contributed by atoms with van der Waals surface area (Å²) in [6.45, 7) is 2.00. The third-order valence-corrected chi connectivity index (χ3v) is 8.14. The molecule has 3 aromatic rings. The van der Waals surface area contributed by atoms with Crippen LogP contribution in [0.25, 0.3) is 0 Å². The van der Waals surface area contributed by atoms with E-state index in [1.165, 1.54) is 36.4 Å². The molecule has 0 aromatic heterocycles. The number of benzene rings is 3. The van der Waals surface area contributed by atoms with Crippen LogP contribution in [0.5, 0.6) is 0 Å². The standard InChI is InChI=1S/C31H31F5N2O/c32-25-9-4-21(5-10-25)27(22-6-11-26(33)12-7-22)13-15-30(39)37-29-14-8-23-18-38(19-28(23)29)17-20-2-1-3-24(16-20)31(34,35)36/h1-7,9-12,16,23,27-29H,8,13-15,17-19H2,(H,37,39). The van der Waals surface area contributed by atoms with Gasteiger partial charge in [-0.25, -0.2) is 8.78 Å². The van der Waals surface area contributed by atoms with Crippen LogP contribution >= 0.6 is 0 Å². The Morgan fingerprint density at radius 3 is 2.15 bits per heavy atom. The van der Waals surface area contributed by atoms with Crippen LogP contribution in [0.3, 0.4) is 0 Å². The van der Waals surface area contributed by atoms with Gasteiger partial charge in [0.25, 0.3) is 0 Å². The fourth-order valence-electron chi connectivity index (χ4n) is 6.24. The van der Waals surface area contributed by atoms with Gasteiger partial charge in [0.2, 0.25) is 5.91 Å². The number of alkyl halides is 3. The van der Waals surface area contributed by atoms with E-state index in [-0.39, 0.29) is 41.8 Å². The van der Waals surface area contributed by atoms with Crippen molar-refractivity contribution in [1.82, 2.24) is 10.2 Å². The molecule has 39 heavy (non-hydrogen) atoms. The van der Waals surface area contributed by atoms with Crippen molar-refractivity contribution < 1.29 is 26.7 Å². The first kappa shape index (κ1) is 27.3. The van der Waals surface area contributed by atoms with Crippen molar-refractivity contribution in [2.45, 2.75) is 50.4 Å². The number of carbonyl (C=O) groups excluding carboxylic acids is 1. The smallest absolute Gasteiger partial charge is 0.353 e. The lowest BCUT2D eigenvalue weighted by atomic mass is 9.87. The van der Waals surface area contributed by atoms with Gasteiger partial charge in [-0.2, -0.15) is 13.2 Å². The van der Waals surface area contributed by atoms with Gasteiger partial charge in [0.05, 0.1) is 5.56 Å². The number of fused-ring (bicyclic) bond motifs is 1. The fraction of sp³-hybridized carbons (Fsp3) is 0.387. The van der Waals surface area contributed by atoms with E-state index in [9.17, 15) is 26.7 Å². The zero-order chi connectivity index (χ0) is 27.6. The molecule has 1 aliphatic heterocycles. The molecule has 5 rings (SSSR count). The number of nitrogens with one attached hydrogen (secondary N) is 1. The van der Waals surface area contributed by atoms with Crippen molar-refractivity contribution in [2.24, 2.45) is 11.8 Å². The molecule has 1 saturated carbocycles. The van der Waals surface area contributed by atoms with Crippen LogP contribution in [0.2, 0.25) is 0 Å². The monoisotopic (exact) mass is 542 g/mol. The van der Waals surface area contributed by atoms with Crippen molar-refractivity contribution in [3.8, 4) is 0 Å². The van der Waals surface area contributed by atoms with Gasteiger partial charge in [0.1, 0.15) is 11.6 Å². The Morgan fingerprint density at radius 2 is 1.54 bits per heavy atom. The highest BCUT2D eigenvalue weighted by atomic mass is 19.4. The molecule has 0 radical (unpaired) electrons. The Hall–Kier alpha value is -3.26. The summed E-state index contributed by atoms with van der Waals surface area (Å²) in [4.78, 5) is 15.2. The third kappa shape index (κ3) is 6.67. The van der Waals surface area contributed by atoms with Crippen molar-refractivity contribution in [1.29, 1.82) is 0 Å². The summed E-state index contributed by atoms with van der Waals surface area (Å²) >= 11 is 0. The lowest BCUT2D eigenvalue weighted by Gasteiger charge is -2.23. The second kappa shape index (κ2) is 11.5. The minimum Gasteiger partial charge on any atom is -0.353 e. The maximum Gasteiger partial charge on any atom is 0.416 e. The SMILES string of the molecule is O=C(CCC(c1ccc(F)cc1)c1ccc(F)cc1)NC1CCC2CN(Cc3cccc(C(F)(F)F)c3)CC21. The Morgan fingerprint density at radius 1 is 0.897 bits per heavy atom.